The Labute approximate surface area is 138 Å². The van der Waals surface area contributed by atoms with Crippen molar-refractivity contribution in [3.8, 4) is 5.75 Å². The van der Waals surface area contributed by atoms with E-state index in [0.717, 1.165) is 0 Å². The second-order valence-corrected chi connectivity index (χ2v) is 5.31. The highest BCUT2D eigenvalue weighted by molar-refractivity contribution is 6.31. The normalized spacial score (nSPS) is 10.3. The Morgan fingerprint density at radius 2 is 2.13 bits per heavy atom. The molecule has 0 aliphatic rings. The number of carbonyl (C=O) groups is 2. The second kappa shape index (κ2) is 7.15. The fourth-order valence-electron chi connectivity index (χ4n) is 1.95. The number of amides is 2. The molecule has 0 spiro atoms. The van der Waals surface area contributed by atoms with Gasteiger partial charge in [-0.3, -0.25) is 9.59 Å². The first-order valence-electron chi connectivity index (χ1n) is 6.73. The summed E-state index contributed by atoms with van der Waals surface area (Å²) in [7, 11) is 2.97. The molecule has 0 fully saturated rings. The van der Waals surface area contributed by atoms with Gasteiger partial charge in [0, 0.05) is 18.1 Å². The van der Waals surface area contributed by atoms with E-state index in [1.165, 1.54) is 25.1 Å². The van der Waals surface area contributed by atoms with Crippen LogP contribution in [0.25, 0.3) is 0 Å². The van der Waals surface area contributed by atoms with E-state index in [1.807, 2.05) is 0 Å². The van der Waals surface area contributed by atoms with Crippen LogP contribution in [-0.2, 0) is 4.79 Å². The molecule has 8 heteroatoms. The standard InChI is InChI=1S/C15H16ClN3O4/c1-9-6-13(18-23-9)17-14(20)8-19(2)15(21)11-7-10(16)4-5-12(11)22-3/h4-7H,8H2,1-3H3,(H,17,18,20). The lowest BCUT2D eigenvalue weighted by molar-refractivity contribution is -0.116. The van der Waals surface area contributed by atoms with Crippen LogP contribution in [-0.4, -0.2) is 42.6 Å². The molecule has 122 valence electrons. The topological polar surface area (TPSA) is 84.7 Å². The van der Waals surface area contributed by atoms with Crippen molar-refractivity contribution < 1.29 is 18.8 Å². The molecular weight excluding hydrogens is 322 g/mol. The fourth-order valence-corrected chi connectivity index (χ4v) is 2.12. The molecule has 7 nitrogen and oxygen atoms in total. The number of benzene rings is 1. The summed E-state index contributed by atoms with van der Waals surface area (Å²) in [6, 6.07) is 6.30. The average Bonchev–Trinajstić information content (AvgIpc) is 2.91. The molecular formula is C15H16ClN3O4. The smallest absolute Gasteiger partial charge is 0.257 e. The number of carbonyl (C=O) groups excluding carboxylic acids is 2. The maximum Gasteiger partial charge on any atom is 0.257 e. The van der Waals surface area contributed by atoms with Gasteiger partial charge in [0.1, 0.15) is 11.5 Å². The van der Waals surface area contributed by atoms with Crippen LogP contribution in [0.2, 0.25) is 5.02 Å². The van der Waals surface area contributed by atoms with E-state index >= 15 is 0 Å². The zero-order valence-electron chi connectivity index (χ0n) is 12.9. The van der Waals surface area contributed by atoms with E-state index in [0.29, 0.717) is 22.4 Å². The lowest BCUT2D eigenvalue weighted by Gasteiger charge is -2.18. The van der Waals surface area contributed by atoms with E-state index in [2.05, 4.69) is 10.5 Å². The lowest BCUT2D eigenvalue weighted by atomic mass is 10.1. The number of aryl methyl sites for hydroxylation is 1. The number of aromatic nitrogens is 1. The van der Waals surface area contributed by atoms with E-state index < -0.39 is 5.91 Å². The first-order chi connectivity index (χ1) is 10.9. The average molecular weight is 338 g/mol. The summed E-state index contributed by atoms with van der Waals surface area (Å²) in [6.45, 7) is 1.56. The van der Waals surface area contributed by atoms with Crippen molar-refractivity contribution in [1.82, 2.24) is 10.1 Å². The molecule has 0 atom stereocenters. The molecule has 0 aliphatic heterocycles. The number of hydrogen-bond acceptors (Lipinski definition) is 5. The Morgan fingerprint density at radius 1 is 1.39 bits per heavy atom. The second-order valence-electron chi connectivity index (χ2n) is 4.88. The van der Waals surface area contributed by atoms with Crippen LogP contribution in [0.3, 0.4) is 0 Å². The third kappa shape index (κ3) is 4.23. The van der Waals surface area contributed by atoms with Gasteiger partial charge < -0.3 is 19.5 Å². The summed E-state index contributed by atoms with van der Waals surface area (Å²) in [5, 5.41) is 6.61. The van der Waals surface area contributed by atoms with E-state index in [9.17, 15) is 9.59 Å². The van der Waals surface area contributed by atoms with Crippen LogP contribution in [0.1, 0.15) is 16.1 Å². The molecule has 0 bridgehead atoms. The highest BCUT2D eigenvalue weighted by Crippen LogP contribution is 2.23. The minimum absolute atomic E-state index is 0.152. The monoisotopic (exact) mass is 337 g/mol. The highest BCUT2D eigenvalue weighted by atomic mass is 35.5. The Kier molecular flexibility index (Phi) is 5.23. The van der Waals surface area contributed by atoms with Gasteiger partial charge in [0.25, 0.3) is 5.91 Å². The number of nitrogens with zero attached hydrogens (tertiary/aromatic N) is 2. The highest BCUT2D eigenvalue weighted by Gasteiger charge is 2.19. The summed E-state index contributed by atoms with van der Waals surface area (Å²) < 4.78 is 10.0. The molecule has 1 aromatic heterocycles. The van der Waals surface area contributed by atoms with Gasteiger partial charge in [0.15, 0.2) is 5.82 Å². The van der Waals surface area contributed by atoms with Crippen LogP contribution in [0.15, 0.2) is 28.8 Å². The number of hydrogen-bond donors (Lipinski definition) is 1. The Morgan fingerprint density at radius 3 is 2.74 bits per heavy atom. The lowest BCUT2D eigenvalue weighted by Crippen LogP contribution is -2.35. The zero-order chi connectivity index (χ0) is 17.0. The molecule has 0 aliphatic carbocycles. The third-order valence-corrected chi connectivity index (χ3v) is 3.25. The van der Waals surface area contributed by atoms with Crippen LogP contribution in [0.4, 0.5) is 5.82 Å². The van der Waals surface area contributed by atoms with Crippen molar-refractivity contribution in [2.75, 3.05) is 26.0 Å². The zero-order valence-corrected chi connectivity index (χ0v) is 13.7. The molecule has 1 aromatic carbocycles. The van der Waals surface area contributed by atoms with E-state index in [4.69, 9.17) is 20.9 Å². The number of nitrogens with one attached hydrogen (secondary N) is 1. The SMILES string of the molecule is COc1ccc(Cl)cc1C(=O)N(C)CC(=O)Nc1cc(C)on1. The molecule has 1 heterocycles. The molecule has 0 saturated carbocycles. The van der Waals surface area contributed by atoms with Crippen LogP contribution in [0, 0.1) is 6.92 Å². The number of ether oxygens (including phenoxy) is 1. The van der Waals surface area contributed by atoms with Crippen molar-refractivity contribution in [2.24, 2.45) is 0 Å². The molecule has 1 N–H and O–H groups in total. The quantitative estimate of drug-likeness (QED) is 0.905. The molecule has 2 aromatic rings. The molecule has 23 heavy (non-hydrogen) atoms. The first-order valence-corrected chi connectivity index (χ1v) is 7.10. The summed E-state index contributed by atoms with van der Waals surface area (Å²) in [6.07, 6.45) is 0. The molecule has 0 unspecified atom stereocenters. The van der Waals surface area contributed by atoms with Gasteiger partial charge in [-0.1, -0.05) is 16.8 Å². The molecule has 0 saturated heterocycles. The van der Waals surface area contributed by atoms with Crippen LogP contribution < -0.4 is 10.1 Å². The van der Waals surface area contributed by atoms with Gasteiger partial charge in [-0.05, 0) is 25.1 Å². The van der Waals surface area contributed by atoms with Crippen LogP contribution in [0.5, 0.6) is 5.75 Å². The number of methoxy groups -OCH3 is 1. The summed E-state index contributed by atoms with van der Waals surface area (Å²) in [5.74, 6) is 0.492. The van der Waals surface area contributed by atoms with Crippen molar-refractivity contribution in [1.29, 1.82) is 0 Å². The Bertz CT molecular complexity index is 729. The van der Waals surface area contributed by atoms with Gasteiger partial charge in [0.2, 0.25) is 5.91 Å². The van der Waals surface area contributed by atoms with Crippen molar-refractivity contribution in [3.05, 3.63) is 40.6 Å². The van der Waals surface area contributed by atoms with Gasteiger partial charge in [-0.25, -0.2) is 0 Å². The number of rotatable bonds is 5. The summed E-state index contributed by atoms with van der Waals surface area (Å²) in [4.78, 5) is 25.6. The van der Waals surface area contributed by atoms with E-state index in [-0.39, 0.29) is 18.0 Å². The van der Waals surface area contributed by atoms with Crippen molar-refractivity contribution >= 4 is 29.2 Å². The van der Waals surface area contributed by atoms with Gasteiger partial charge >= 0.3 is 0 Å². The number of anilines is 1. The maximum absolute atomic E-state index is 12.4. The number of halogens is 1. The van der Waals surface area contributed by atoms with Crippen molar-refractivity contribution in [2.45, 2.75) is 6.92 Å². The maximum atomic E-state index is 12.4. The van der Waals surface area contributed by atoms with E-state index in [1.54, 1.807) is 25.1 Å². The molecule has 2 amide bonds. The Hall–Kier alpha value is -2.54. The van der Waals surface area contributed by atoms with Gasteiger partial charge in [-0.15, -0.1) is 0 Å². The minimum Gasteiger partial charge on any atom is -0.496 e. The third-order valence-electron chi connectivity index (χ3n) is 3.01. The van der Waals surface area contributed by atoms with Crippen LogP contribution >= 0.6 is 11.6 Å². The summed E-state index contributed by atoms with van der Waals surface area (Å²) >= 11 is 5.91. The largest absolute Gasteiger partial charge is 0.496 e. The van der Waals surface area contributed by atoms with Gasteiger partial charge in [0.05, 0.1) is 19.2 Å². The molecule has 2 rings (SSSR count). The number of likely N-dealkylation sites (N-methyl/N-ethyl adjacent to an activating group) is 1. The first kappa shape index (κ1) is 16.8. The summed E-state index contributed by atoms with van der Waals surface area (Å²) in [5.41, 5.74) is 0.285. The van der Waals surface area contributed by atoms with Crippen molar-refractivity contribution in [3.63, 3.8) is 0 Å². The minimum atomic E-state index is -0.393. The molecule has 0 radical (unpaired) electrons. The predicted octanol–water partition coefficient (Wildman–Crippen LogP) is 2.36. The Balaban J connectivity index is 2.05. The van der Waals surface area contributed by atoms with Gasteiger partial charge in [-0.2, -0.15) is 0 Å². The predicted molar refractivity (Wildman–Crippen MR) is 84.8 cm³/mol. The fraction of sp³-hybridized carbons (Fsp3) is 0.267.